The molecule has 1 saturated heterocycles. The number of nitrogens with two attached hydrogens (primary N) is 1. The van der Waals surface area contributed by atoms with Gasteiger partial charge in [-0.3, -0.25) is 9.59 Å². The SMILES string of the molecule is CC(C)CC(CN)C(=O)NC(C)CN1CCCC1=O. The normalized spacial score (nSPS) is 18.8. The lowest BCUT2D eigenvalue weighted by molar-refractivity contribution is -0.130. The minimum Gasteiger partial charge on any atom is -0.352 e. The summed E-state index contributed by atoms with van der Waals surface area (Å²) < 4.78 is 0. The van der Waals surface area contributed by atoms with Crippen LogP contribution in [0, 0.1) is 11.8 Å². The molecule has 0 aromatic rings. The zero-order valence-corrected chi connectivity index (χ0v) is 12.3. The maximum absolute atomic E-state index is 12.1. The van der Waals surface area contributed by atoms with E-state index in [0.29, 0.717) is 25.4 Å². The molecule has 0 bridgehead atoms. The van der Waals surface area contributed by atoms with Crippen molar-refractivity contribution in [3.05, 3.63) is 0 Å². The highest BCUT2D eigenvalue weighted by Gasteiger charge is 2.24. The van der Waals surface area contributed by atoms with E-state index in [1.807, 2.05) is 11.8 Å². The summed E-state index contributed by atoms with van der Waals surface area (Å²) in [5.74, 6) is 0.528. The van der Waals surface area contributed by atoms with Crippen molar-refractivity contribution >= 4 is 11.8 Å². The van der Waals surface area contributed by atoms with Crippen LogP contribution in [-0.4, -0.2) is 42.4 Å². The van der Waals surface area contributed by atoms with Gasteiger partial charge in [0.2, 0.25) is 11.8 Å². The van der Waals surface area contributed by atoms with Gasteiger partial charge in [-0.2, -0.15) is 0 Å². The molecular formula is C14H27N3O2. The van der Waals surface area contributed by atoms with Crippen LogP contribution >= 0.6 is 0 Å². The van der Waals surface area contributed by atoms with Gasteiger partial charge in [-0.15, -0.1) is 0 Å². The minimum atomic E-state index is -0.128. The molecule has 3 N–H and O–H groups in total. The average molecular weight is 269 g/mol. The average Bonchev–Trinajstić information content (AvgIpc) is 2.71. The first-order valence-electron chi connectivity index (χ1n) is 7.22. The topological polar surface area (TPSA) is 75.4 Å². The predicted octanol–water partition coefficient (Wildman–Crippen LogP) is 0.735. The van der Waals surface area contributed by atoms with Crippen LogP contribution < -0.4 is 11.1 Å². The fraction of sp³-hybridized carbons (Fsp3) is 0.857. The molecule has 110 valence electrons. The molecule has 0 radical (unpaired) electrons. The Bertz CT molecular complexity index is 318. The Hall–Kier alpha value is -1.10. The summed E-state index contributed by atoms with van der Waals surface area (Å²) in [7, 11) is 0. The molecule has 0 aliphatic carbocycles. The summed E-state index contributed by atoms with van der Waals surface area (Å²) in [6, 6.07) is -0.0178. The Morgan fingerprint density at radius 1 is 1.42 bits per heavy atom. The van der Waals surface area contributed by atoms with Gasteiger partial charge in [-0.05, 0) is 25.7 Å². The van der Waals surface area contributed by atoms with Gasteiger partial charge in [0.05, 0.1) is 5.92 Å². The molecule has 1 aliphatic heterocycles. The van der Waals surface area contributed by atoms with E-state index < -0.39 is 0 Å². The standard InChI is InChI=1S/C14H27N3O2/c1-10(2)7-12(8-15)14(19)16-11(3)9-17-6-4-5-13(17)18/h10-12H,4-9,15H2,1-3H3,(H,16,19). The molecule has 5 heteroatoms. The maximum Gasteiger partial charge on any atom is 0.224 e. The predicted molar refractivity (Wildman–Crippen MR) is 75.4 cm³/mol. The van der Waals surface area contributed by atoms with Gasteiger partial charge in [0, 0.05) is 32.1 Å². The van der Waals surface area contributed by atoms with Crippen molar-refractivity contribution in [1.82, 2.24) is 10.2 Å². The van der Waals surface area contributed by atoms with E-state index in [1.54, 1.807) is 0 Å². The number of amides is 2. The molecule has 1 rings (SSSR count). The summed E-state index contributed by atoms with van der Waals surface area (Å²) in [5, 5.41) is 2.97. The molecule has 5 nitrogen and oxygen atoms in total. The van der Waals surface area contributed by atoms with Crippen molar-refractivity contribution in [2.45, 2.75) is 46.1 Å². The van der Waals surface area contributed by atoms with Crippen LogP contribution in [0.4, 0.5) is 0 Å². The molecule has 2 amide bonds. The quantitative estimate of drug-likeness (QED) is 0.715. The van der Waals surface area contributed by atoms with Gasteiger partial charge in [-0.25, -0.2) is 0 Å². The van der Waals surface area contributed by atoms with Gasteiger partial charge in [0.15, 0.2) is 0 Å². The van der Waals surface area contributed by atoms with Crippen LogP contribution in [0.5, 0.6) is 0 Å². The second-order valence-electron chi connectivity index (χ2n) is 5.92. The van der Waals surface area contributed by atoms with E-state index in [4.69, 9.17) is 5.73 Å². The summed E-state index contributed by atoms with van der Waals surface area (Å²) >= 11 is 0. The summed E-state index contributed by atoms with van der Waals surface area (Å²) in [4.78, 5) is 25.4. The lowest BCUT2D eigenvalue weighted by Crippen LogP contribution is -2.46. The number of nitrogens with one attached hydrogen (secondary N) is 1. The van der Waals surface area contributed by atoms with Crippen molar-refractivity contribution in [3.8, 4) is 0 Å². The van der Waals surface area contributed by atoms with E-state index in [9.17, 15) is 9.59 Å². The second-order valence-corrected chi connectivity index (χ2v) is 5.92. The van der Waals surface area contributed by atoms with Gasteiger partial charge >= 0.3 is 0 Å². The Morgan fingerprint density at radius 3 is 2.58 bits per heavy atom. The Morgan fingerprint density at radius 2 is 2.11 bits per heavy atom. The van der Waals surface area contributed by atoms with Gasteiger partial charge in [0.25, 0.3) is 0 Å². The number of carbonyl (C=O) groups excluding carboxylic acids is 2. The van der Waals surface area contributed by atoms with Crippen LogP contribution in [-0.2, 0) is 9.59 Å². The maximum atomic E-state index is 12.1. The number of hydrogen-bond acceptors (Lipinski definition) is 3. The first-order chi connectivity index (χ1) is 8.93. The van der Waals surface area contributed by atoms with Crippen molar-refractivity contribution < 1.29 is 9.59 Å². The summed E-state index contributed by atoms with van der Waals surface area (Å²) in [5.41, 5.74) is 5.66. The zero-order chi connectivity index (χ0) is 14.4. The second kappa shape index (κ2) is 7.48. The Labute approximate surface area is 115 Å². The molecule has 0 saturated carbocycles. The number of likely N-dealkylation sites (tertiary alicyclic amines) is 1. The summed E-state index contributed by atoms with van der Waals surface area (Å²) in [6.45, 7) is 7.89. The fourth-order valence-electron chi connectivity index (χ4n) is 2.51. The van der Waals surface area contributed by atoms with Crippen LogP contribution in [0.15, 0.2) is 0 Å². The third kappa shape index (κ3) is 5.19. The first-order valence-corrected chi connectivity index (χ1v) is 7.22. The Balaban J connectivity index is 2.39. The van der Waals surface area contributed by atoms with Crippen molar-refractivity contribution in [3.63, 3.8) is 0 Å². The Kier molecular flexibility index (Phi) is 6.28. The van der Waals surface area contributed by atoms with Gasteiger partial charge < -0.3 is 16.0 Å². The van der Waals surface area contributed by atoms with Gasteiger partial charge in [-0.1, -0.05) is 13.8 Å². The van der Waals surface area contributed by atoms with Gasteiger partial charge in [0.1, 0.15) is 0 Å². The third-order valence-electron chi connectivity index (χ3n) is 3.47. The minimum absolute atomic E-state index is 0.00958. The lowest BCUT2D eigenvalue weighted by Gasteiger charge is -2.24. The molecule has 2 atom stereocenters. The molecule has 1 fully saturated rings. The highest BCUT2D eigenvalue weighted by molar-refractivity contribution is 5.80. The van der Waals surface area contributed by atoms with E-state index >= 15 is 0 Å². The highest BCUT2D eigenvalue weighted by atomic mass is 16.2. The molecule has 0 spiro atoms. The van der Waals surface area contributed by atoms with Crippen LogP contribution in [0.3, 0.4) is 0 Å². The van der Waals surface area contributed by atoms with Crippen LogP contribution in [0.2, 0.25) is 0 Å². The molecule has 1 heterocycles. The van der Waals surface area contributed by atoms with E-state index in [2.05, 4.69) is 19.2 Å². The summed E-state index contributed by atoms with van der Waals surface area (Å²) in [6.07, 6.45) is 2.37. The van der Waals surface area contributed by atoms with E-state index in [1.165, 1.54) is 0 Å². The lowest BCUT2D eigenvalue weighted by atomic mass is 9.96. The molecule has 19 heavy (non-hydrogen) atoms. The van der Waals surface area contributed by atoms with Crippen LogP contribution in [0.25, 0.3) is 0 Å². The van der Waals surface area contributed by atoms with E-state index in [-0.39, 0.29) is 23.8 Å². The molecule has 0 aromatic heterocycles. The number of rotatable bonds is 7. The van der Waals surface area contributed by atoms with E-state index in [0.717, 1.165) is 19.4 Å². The molecule has 2 unspecified atom stereocenters. The van der Waals surface area contributed by atoms with Crippen LogP contribution in [0.1, 0.15) is 40.0 Å². The number of carbonyl (C=O) groups is 2. The number of nitrogens with zero attached hydrogens (tertiary/aromatic N) is 1. The molecule has 0 aromatic carbocycles. The fourth-order valence-corrected chi connectivity index (χ4v) is 2.51. The largest absolute Gasteiger partial charge is 0.352 e. The molecule has 1 aliphatic rings. The third-order valence-corrected chi connectivity index (χ3v) is 3.47. The highest BCUT2D eigenvalue weighted by Crippen LogP contribution is 2.12. The van der Waals surface area contributed by atoms with Crippen molar-refractivity contribution in [1.29, 1.82) is 0 Å². The molecular weight excluding hydrogens is 242 g/mol. The monoisotopic (exact) mass is 269 g/mol. The number of hydrogen-bond donors (Lipinski definition) is 2. The van der Waals surface area contributed by atoms with Crippen molar-refractivity contribution in [2.75, 3.05) is 19.6 Å². The first kappa shape index (κ1) is 16.0. The van der Waals surface area contributed by atoms with Crippen molar-refractivity contribution in [2.24, 2.45) is 17.6 Å². The zero-order valence-electron chi connectivity index (χ0n) is 12.3. The smallest absolute Gasteiger partial charge is 0.224 e.